The van der Waals surface area contributed by atoms with Crippen LogP contribution in [0.2, 0.25) is 0 Å². The van der Waals surface area contributed by atoms with Gasteiger partial charge in [-0.25, -0.2) is 0 Å². The molecule has 0 atom stereocenters. The fourth-order valence-corrected chi connectivity index (χ4v) is 2.05. The number of nitrogens with one attached hydrogen (secondary N) is 1. The van der Waals surface area contributed by atoms with Gasteiger partial charge in [-0.05, 0) is 25.7 Å². The van der Waals surface area contributed by atoms with Crippen LogP contribution in [0.3, 0.4) is 0 Å². The fourth-order valence-electron chi connectivity index (χ4n) is 2.05. The van der Waals surface area contributed by atoms with Gasteiger partial charge in [0.2, 0.25) is 5.91 Å². The maximum Gasteiger partial charge on any atom is 0.389 e. The smallest absolute Gasteiger partial charge is 0.355 e. The summed E-state index contributed by atoms with van der Waals surface area (Å²) in [4.78, 5) is 13.6. The van der Waals surface area contributed by atoms with E-state index in [1.54, 1.807) is 0 Å². The van der Waals surface area contributed by atoms with Gasteiger partial charge in [0.15, 0.2) is 0 Å². The average Bonchev–Trinajstić information content (AvgIpc) is 2.30. The summed E-state index contributed by atoms with van der Waals surface area (Å²) in [6.07, 6.45) is -2.69. The number of rotatable bonds is 6. The van der Waals surface area contributed by atoms with E-state index in [9.17, 15) is 18.0 Å². The van der Waals surface area contributed by atoms with Crippen LogP contribution >= 0.6 is 0 Å². The van der Waals surface area contributed by atoms with Gasteiger partial charge < -0.3 is 11.1 Å². The predicted molar refractivity (Wildman–Crippen MR) is 66.6 cm³/mol. The molecule has 1 heterocycles. The van der Waals surface area contributed by atoms with Crippen molar-refractivity contribution < 1.29 is 18.0 Å². The topological polar surface area (TPSA) is 58.4 Å². The largest absolute Gasteiger partial charge is 0.389 e. The van der Waals surface area contributed by atoms with Gasteiger partial charge >= 0.3 is 6.18 Å². The first-order valence-corrected chi connectivity index (χ1v) is 6.68. The molecular weight excluding hydrogens is 259 g/mol. The normalized spacial score (nSPS) is 18.5. The van der Waals surface area contributed by atoms with E-state index in [4.69, 9.17) is 5.73 Å². The molecule has 1 amide bonds. The van der Waals surface area contributed by atoms with E-state index in [1.165, 1.54) is 0 Å². The average molecular weight is 281 g/mol. The summed E-state index contributed by atoms with van der Waals surface area (Å²) in [7, 11) is 0. The van der Waals surface area contributed by atoms with E-state index in [0.29, 0.717) is 19.5 Å². The number of amides is 1. The van der Waals surface area contributed by atoms with Crippen LogP contribution in [0.4, 0.5) is 13.2 Å². The van der Waals surface area contributed by atoms with Crippen molar-refractivity contribution in [1.82, 2.24) is 10.2 Å². The minimum absolute atomic E-state index is 0.0579. The Balaban J connectivity index is 2.02. The zero-order valence-corrected chi connectivity index (χ0v) is 11.0. The van der Waals surface area contributed by atoms with Crippen LogP contribution in [-0.4, -0.2) is 49.2 Å². The van der Waals surface area contributed by atoms with Gasteiger partial charge in [-0.15, -0.1) is 0 Å². The second kappa shape index (κ2) is 7.69. The highest BCUT2D eigenvalue weighted by Crippen LogP contribution is 2.21. The quantitative estimate of drug-likeness (QED) is 0.721. The minimum atomic E-state index is -4.10. The SMILES string of the molecule is NC1CCN(CC(=O)NCCCCC(F)(F)F)CC1. The number of piperidine rings is 1. The Kier molecular flexibility index (Phi) is 6.57. The van der Waals surface area contributed by atoms with E-state index in [2.05, 4.69) is 5.32 Å². The number of hydrogen-bond donors (Lipinski definition) is 2. The van der Waals surface area contributed by atoms with Crippen LogP contribution < -0.4 is 11.1 Å². The summed E-state index contributed by atoms with van der Waals surface area (Å²) in [6.45, 7) is 2.24. The second-order valence-electron chi connectivity index (χ2n) is 5.04. The van der Waals surface area contributed by atoms with Gasteiger partial charge in [0, 0.05) is 32.1 Å². The van der Waals surface area contributed by atoms with E-state index in [0.717, 1.165) is 25.9 Å². The fraction of sp³-hybridized carbons (Fsp3) is 0.917. The summed E-state index contributed by atoms with van der Waals surface area (Å²) in [5.41, 5.74) is 5.76. The van der Waals surface area contributed by atoms with Crippen molar-refractivity contribution in [3.8, 4) is 0 Å². The summed E-state index contributed by atoms with van der Waals surface area (Å²) in [6, 6.07) is 0.224. The van der Waals surface area contributed by atoms with E-state index in [-0.39, 0.29) is 18.4 Å². The first-order valence-electron chi connectivity index (χ1n) is 6.68. The molecule has 0 aromatic rings. The number of carbonyl (C=O) groups excluding carboxylic acids is 1. The molecule has 0 aromatic carbocycles. The summed E-state index contributed by atoms with van der Waals surface area (Å²) < 4.78 is 35.6. The van der Waals surface area contributed by atoms with E-state index in [1.807, 2.05) is 4.90 Å². The molecule has 0 unspecified atom stereocenters. The Morgan fingerprint density at radius 2 is 1.89 bits per heavy atom. The molecule has 0 saturated carbocycles. The van der Waals surface area contributed by atoms with Gasteiger partial charge in [0.25, 0.3) is 0 Å². The van der Waals surface area contributed by atoms with Gasteiger partial charge in [-0.1, -0.05) is 0 Å². The summed E-state index contributed by atoms with van der Waals surface area (Å²) in [5.74, 6) is -0.123. The molecule has 0 spiro atoms. The van der Waals surface area contributed by atoms with Crippen molar-refractivity contribution >= 4 is 5.91 Å². The molecule has 1 aliphatic rings. The standard InChI is InChI=1S/C12H22F3N3O/c13-12(14,15)5-1-2-6-17-11(19)9-18-7-3-10(16)4-8-18/h10H,1-9,16H2,(H,17,19). The third-order valence-corrected chi connectivity index (χ3v) is 3.21. The Labute approximate surface area is 111 Å². The molecule has 0 aliphatic carbocycles. The van der Waals surface area contributed by atoms with Crippen LogP contribution in [0, 0.1) is 0 Å². The van der Waals surface area contributed by atoms with Crippen LogP contribution in [0.5, 0.6) is 0 Å². The summed E-state index contributed by atoms with van der Waals surface area (Å²) >= 11 is 0. The molecule has 0 radical (unpaired) electrons. The predicted octanol–water partition coefficient (Wildman–Crippen LogP) is 1.26. The van der Waals surface area contributed by atoms with Crippen molar-refractivity contribution in [2.75, 3.05) is 26.2 Å². The summed E-state index contributed by atoms with van der Waals surface area (Å²) in [5, 5.41) is 2.65. The Morgan fingerprint density at radius 3 is 2.47 bits per heavy atom. The number of alkyl halides is 3. The third kappa shape index (κ3) is 8.05. The van der Waals surface area contributed by atoms with Crippen molar-refractivity contribution in [1.29, 1.82) is 0 Å². The van der Waals surface area contributed by atoms with Gasteiger partial charge in [-0.3, -0.25) is 9.69 Å². The zero-order valence-electron chi connectivity index (χ0n) is 11.0. The van der Waals surface area contributed by atoms with Gasteiger partial charge in [0.1, 0.15) is 0 Å². The molecule has 7 heteroatoms. The molecular formula is C12H22F3N3O. The highest BCUT2D eigenvalue weighted by molar-refractivity contribution is 5.77. The monoisotopic (exact) mass is 281 g/mol. The third-order valence-electron chi connectivity index (χ3n) is 3.21. The molecule has 1 rings (SSSR count). The first kappa shape index (κ1) is 16.2. The molecule has 0 bridgehead atoms. The lowest BCUT2D eigenvalue weighted by Crippen LogP contribution is -2.44. The van der Waals surface area contributed by atoms with Gasteiger partial charge in [-0.2, -0.15) is 13.2 Å². The van der Waals surface area contributed by atoms with Crippen molar-refractivity contribution in [2.45, 2.75) is 44.3 Å². The van der Waals surface area contributed by atoms with Crippen molar-refractivity contribution in [3.05, 3.63) is 0 Å². The highest BCUT2D eigenvalue weighted by atomic mass is 19.4. The maximum atomic E-state index is 11.9. The number of likely N-dealkylation sites (tertiary alicyclic amines) is 1. The van der Waals surface area contributed by atoms with Crippen LogP contribution in [0.15, 0.2) is 0 Å². The minimum Gasteiger partial charge on any atom is -0.355 e. The van der Waals surface area contributed by atoms with Crippen molar-refractivity contribution in [3.63, 3.8) is 0 Å². The van der Waals surface area contributed by atoms with E-state index >= 15 is 0 Å². The molecule has 1 saturated heterocycles. The Morgan fingerprint density at radius 1 is 1.26 bits per heavy atom. The molecule has 112 valence electrons. The van der Waals surface area contributed by atoms with Crippen molar-refractivity contribution in [2.24, 2.45) is 5.73 Å². The lowest BCUT2D eigenvalue weighted by molar-refractivity contribution is -0.135. The van der Waals surface area contributed by atoms with Gasteiger partial charge in [0.05, 0.1) is 6.54 Å². The Hall–Kier alpha value is -0.820. The first-order chi connectivity index (χ1) is 8.87. The second-order valence-corrected chi connectivity index (χ2v) is 5.04. The maximum absolute atomic E-state index is 11.9. The number of hydrogen-bond acceptors (Lipinski definition) is 3. The lowest BCUT2D eigenvalue weighted by Gasteiger charge is -2.29. The number of carbonyl (C=O) groups is 1. The lowest BCUT2D eigenvalue weighted by atomic mass is 10.1. The molecule has 1 aliphatic heterocycles. The van der Waals surface area contributed by atoms with Crippen LogP contribution in [0.1, 0.15) is 32.1 Å². The molecule has 1 fully saturated rings. The number of nitrogens with two attached hydrogens (primary N) is 1. The molecule has 19 heavy (non-hydrogen) atoms. The highest BCUT2D eigenvalue weighted by Gasteiger charge is 2.25. The van der Waals surface area contributed by atoms with E-state index < -0.39 is 12.6 Å². The Bertz CT molecular complexity index is 276. The molecule has 0 aromatic heterocycles. The van der Waals surface area contributed by atoms with Crippen LogP contribution in [-0.2, 0) is 4.79 Å². The molecule has 3 N–H and O–H groups in total. The number of halogens is 3. The molecule has 4 nitrogen and oxygen atoms in total. The van der Waals surface area contributed by atoms with Crippen LogP contribution in [0.25, 0.3) is 0 Å². The number of nitrogens with zero attached hydrogens (tertiary/aromatic N) is 1. The zero-order chi connectivity index (χ0) is 14.3. The number of unbranched alkanes of at least 4 members (excludes halogenated alkanes) is 1.